The Balaban J connectivity index is 1.50. The lowest BCUT2D eigenvalue weighted by molar-refractivity contribution is 0.258. The van der Waals surface area contributed by atoms with Gasteiger partial charge in [0, 0.05) is 41.3 Å². The molecule has 0 fully saturated rings. The normalized spacial score (nSPS) is 11.5. The molecule has 56 heavy (non-hydrogen) atoms. The van der Waals surface area contributed by atoms with Crippen molar-refractivity contribution in [2.75, 3.05) is 13.2 Å². The average Bonchev–Trinajstić information content (AvgIpc) is 3.22. The minimum Gasteiger partial charge on any atom is -0.507 e. The second-order valence-electron chi connectivity index (χ2n) is 15.0. The summed E-state index contributed by atoms with van der Waals surface area (Å²) in [7, 11) is 0. The number of para-hydroxylation sites is 2. The molecule has 0 aliphatic carbocycles. The molecule has 0 atom stereocenters. The Bertz CT molecular complexity index is 1720. The molecule has 0 unspecified atom stereocenters. The van der Waals surface area contributed by atoms with Gasteiger partial charge < -0.3 is 19.7 Å². The molecular formula is C50H68N2O4. The summed E-state index contributed by atoms with van der Waals surface area (Å²) in [5, 5.41) is 21.7. The van der Waals surface area contributed by atoms with E-state index >= 15 is 0 Å². The van der Waals surface area contributed by atoms with E-state index in [0.717, 1.165) is 36.8 Å². The molecule has 302 valence electrons. The number of hydrogen-bond acceptors (Lipinski definition) is 6. The van der Waals surface area contributed by atoms with Crippen LogP contribution >= 0.6 is 0 Å². The van der Waals surface area contributed by atoms with Gasteiger partial charge in [-0.15, -0.1) is 0 Å². The van der Waals surface area contributed by atoms with Crippen molar-refractivity contribution in [2.45, 2.75) is 142 Å². The minimum atomic E-state index is 0.151. The van der Waals surface area contributed by atoms with Gasteiger partial charge >= 0.3 is 0 Å². The fraction of sp³-hybridized carbons (Fsp3) is 0.480. The Hall–Kier alpha value is -4.58. The first-order valence-corrected chi connectivity index (χ1v) is 21.8. The maximum absolute atomic E-state index is 11.3. The number of phenolic OH excluding ortho intramolecular Hbond substituents is 2. The van der Waals surface area contributed by atoms with E-state index < -0.39 is 0 Å². The van der Waals surface area contributed by atoms with Crippen LogP contribution in [-0.2, 0) is 0 Å². The number of hydrogen-bond donors (Lipinski definition) is 2. The SMILES string of the molecule is CCCCCCCCCCCCOc1cc(N=Cc2ccccc2O)c(N=Cc2cccc(-c3ccccc3)c2O)cc1OCCCCCCCCCCCC. The second-order valence-corrected chi connectivity index (χ2v) is 15.0. The molecule has 0 bridgehead atoms. The molecule has 2 N–H and O–H groups in total. The zero-order valence-corrected chi connectivity index (χ0v) is 34.4. The van der Waals surface area contributed by atoms with Crippen LogP contribution in [0.15, 0.2) is 94.9 Å². The van der Waals surface area contributed by atoms with Crippen molar-refractivity contribution in [3.8, 4) is 34.1 Å². The number of ether oxygens (including phenoxy) is 2. The molecule has 4 rings (SSSR count). The quantitative estimate of drug-likeness (QED) is 0.0426. The highest BCUT2D eigenvalue weighted by Crippen LogP contribution is 2.41. The number of benzene rings is 4. The van der Waals surface area contributed by atoms with Gasteiger partial charge in [0.2, 0.25) is 0 Å². The summed E-state index contributed by atoms with van der Waals surface area (Å²) < 4.78 is 12.9. The summed E-state index contributed by atoms with van der Waals surface area (Å²) in [4.78, 5) is 9.69. The minimum absolute atomic E-state index is 0.151. The van der Waals surface area contributed by atoms with Gasteiger partial charge in [-0.25, -0.2) is 0 Å². The molecule has 4 aromatic rings. The number of unbranched alkanes of at least 4 members (excludes halogenated alkanes) is 18. The van der Waals surface area contributed by atoms with Crippen LogP contribution in [-0.4, -0.2) is 35.9 Å². The molecule has 0 aliphatic heterocycles. The van der Waals surface area contributed by atoms with Crippen molar-refractivity contribution in [3.05, 3.63) is 96.1 Å². The lowest BCUT2D eigenvalue weighted by atomic mass is 10.0. The number of aliphatic imine (C=N–C) groups is 2. The summed E-state index contributed by atoms with van der Waals surface area (Å²) in [6.07, 6.45) is 28.6. The largest absolute Gasteiger partial charge is 0.507 e. The summed E-state index contributed by atoms with van der Waals surface area (Å²) >= 11 is 0. The summed E-state index contributed by atoms with van der Waals surface area (Å²) in [5.41, 5.74) is 4.02. The van der Waals surface area contributed by atoms with E-state index in [0.29, 0.717) is 47.2 Å². The van der Waals surface area contributed by atoms with Gasteiger partial charge in [-0.2, -0.15) is 0 Å². The van der Waals surface area contributed by atoms with Gasteiger partial charge in [-0.1, -0.05) is 184 Å². The van der Waals surface area contributed by atoms with Crippen molar-refractivity contribution >= 4 is 23.8 Å². The van der Waals surface area contributed by atoms with Gasteiger partial charge in [0.15, 0.2) is 11.5 Å². The number of rotatable bonds is 29. The van der Waals surface area contributed by atoms with E-state index in [1.54, 1.807) is 24.6 Å². The Morgan fingerprint density at radius 2 is 0.893 bits per heavy atom. The predicted molar refractivity (Wildman–Crippen MR) is 237 cm³/mol. The van der Waals surface area contributed by atoms with Gasteiger partial charge in [0.05, 0.1) is 24.6 Å². The number of aromatic hydroxyl groups is 2. The van der Waals surface area contributed by atoms with Gasteiger partial charge in [-0.3, -0.25) is 9.98 Å². The molecule has 0 amide bonds. The molecular weight excluding hydrogens is 693 g/mol. The van der Waals surface area contributed by atoms with Crippen molar-refractivity contribution in [1.29, 1.82) is 0 Å². The summed E-state index contributed by atoms with van der Waals surface area (Å²) in [6, 6.07) is 26.4. The maximum Gasteiger partial charge on any atom is 0.163 e. The van der Waals surface area contributed by atoms with E-state index in [2.05, 4.69) is 13.8 Å². The Kier molecular flexibility index (Phi) is 21.4. The van der Waals surface area contributed by atoms with E-state index in [4.69, 9.17) is 19.5 Å². The molecule has 0 aliphatic rings. The second kappa shape index (κ2) is 27.1. The smallest absolute Gasteiger partial charge is 0.163 e. The standard InChI is InChI=1S/C50H68N2O4/c1-3-5-7-9-11-13-15-17-19-26-35-55-48-37-45(51-39-42-31-24-25-34-47(42)53)46(38-49(48)56-36-27-20-18-16-14-12-10-8-6-4-2)52-40-43-32-28-33-44(50(43)54)41-29-22-21-23-30-41/h21-25,28-34,37-40,53-54H,3-20,26-27,35-36H2,1-2H3. The molecule has 0 radical (unpaired) electrons. The first-order valence-electron chi connectivity index (χ1n) is 21.8. The summed E-state index contributed by atoms with van der Waals surface area (Å²) in [5.74, 6) is 1.60. The molecule has 0 heterocycles. The van der Waals surface area contributed by atoms with Crippen LogP contribution in [0, 0.1) is 0 Å². The molecule has 4 aromatic carbocycles. The topological polar surface area (TPSA) is 83.6 Å². The highest BCUT2D eigenvalue weighted by atomic mass is 16.5. The van der Waals surface area contributed by atoms with Gasteiger partial charge in [0.1, 0.15) is 11.5 Å². The lowest BCUT2D eigenvalue weighted by Crippen LogP contribution is -2.03. The van der Waals surface area contributed by atoms with Crippen LogP contribution < -0.4 is 9.47 Å². The van der Waals surface area contributed by atoms with Crippen LogP contribution in [0.2, 0.25) is 0 Å². The van der Waals surface area contributed by atoms with E-state index in [1.165, 1.54) is 103 Å². The molecule has 0 saturated carbocycles. The Morgan fingerprint density at radius 1 is 0.464 bits per heavy atom. The van der Waals surface area contributed by atoms with Crippen LogP contribution in [0.4, 0.5) is 11.4 Å². The van der Waals surface area contributed by atoms with Gasteiger partial charge in [0.25, 0.3) is 0 Å². The third kappa shape index (κ3) is 16.3. The zero-order chi connectivity index (χ0) is 39.5. The molecule has 0 aromatic heterocycles. The fourth-order valence-corrected chi connectivity index (χ4v) is 6.91. The highest BCUT2D eigenvalue weighted by molar-refractivity contribution is 5.92. The van der Waals surface area contributed by atoms with Crippen LogP contribution in [0.25, 0.3) is 11.1 Å². The lowest BCUT2D eigenvalue weighted by Gasteiger charge is -2.15. The van der Waals surface area contributed by atoms with Crippen LogP contribution in [0.5, 0.6) is 23.0 Å². The molecule has 0 saturated heterocycles. The third-order valence-corrected chi connectivity index (χ3v) is 10.3. The van der Waals surface area contributed by atoms with Gasteiger partial charge in [-0.05, 0) is 36.6 Å². The molecule has 0 spiro atoms. The predicted octanol–water partition coefficient (Wildman–Crippen LogP) is 14.9. The van der Waals surface area contributed by atoms with Crippen LogP contribution in [0.1, 0.15) is 153 Å². The molecule has 6 heteroatoms. The van der Waals surface area contributed by atoms with E-state index in [1.807, 2.05) is 72.8 Å². The van der Waals surface area contributed by atoms with Crippen molar-refractivity contribution < 1.29 is 19.7 Å². The van der Waals surface area contributed by atoms with Crippen molar-refractivity contribution in [3.63, 3.8) is 0 Å². The average molecular weight is 761 g/mol. The van der Waals surface area contributed by atoms with Crippen molar-refractivity contribution in [2.24, 2.45) is 9.98 Å². The van der Waals surface area contributed by atoms with E-state index in [-0.39, 0.29) is 11.5 Å². The van der Waals surface area contributed by atoms with Crippen LogP contribution in [0.3, 0.4) is 0 Å². The first-order chi connectivity index (χ1) is 27.6. The van der Waals surface area contributed by atoms with E-state index in [9.17, 15) is 10.2 Å². The monoisotopic (exact) mass is 761 g/mol. The maximum atomic E-state index is 11.3. The zero-order valence-electron chi connectivity index (χ0n) is 34.4. The highest BCUT2D eigenvalue weighted by Gasteiger charge is 2.14. The Morgan fingerprint density at radius 3 is 1.39 bits per heavy atom. The van der Waals surface area contributed by atoms with Crippen molar-refractivity contribution in [1.82, 2.24) is 0 Å². The third-order valence-electron chi connectivity index (χ3n) is 10.3. The first kappa shape index (κ1) is 44.1. The summed E-state index contributed by atoms with van der Waals surface area (Å²) in [6.45, 7) is 5.72. The molecule has 6 nitrogen and oxygen atoms in total. The number of nitrogens with zero attached hydrogens (tertiary/aromatic N) is 2. The fourth-order valence-electron chi connectivity index (χ4n) is 6.91. The number of phenols is 2. The Labute approximate surface area is 338 Å².